The molecule has 3 rings (SSSR count). The van der Waals surface area contributed by atoms with Crippen molar-refractivity contribution in [3.05, 3.63) is 46.3 Å². The summed E-state index contributed by atoms with van der Waals surface area (Å²) in [5.41, 5.74) is 0.716. The number of anilines is 2. The molecule has 0 spiro atoms. The Morgan fingerprint density at radius 2 is 2.05 bits per heavy atom. The van der Waals surface area contributed by atoms with Gasteiger partial charge in [0, 0.05) is 12.1 Å². The molecule has 0 saturated heterocycles. The smallest absolute Gasteiger partial charge is 0.274 e. The number of aromatic nitrogens is 2. The highest BCUT2D eigenvalue weighted by Gasteiger charge is 2.22. The highest BCUT2D eigenvalue weighted by Crippen LogP contribution is 2.30. The molecule has 7 heteroatoms. The Labute approximate surface area is 131 Å². The summed E-state index contributed by atoms with van der Waals surface area (Å²) in [5, 5.41) is 6.59. The van der Waals surface area contributed by atoms with Gasteiger partial charge in [-0.3, -0.25) is 4.79 Å². The van der Waals surface area contributed by atoms with E-state index in [9.17, 15) is 4.79 Å². The fourth-order valence-electron chi connectivity index (χ4n) is 1.78. The molecule has 2 N–H and O–H groups in total. The van der Waals surface area contributed by atoms with Crippen molar-refractivity contribution in [1.82, 2.24) is 9.97 Å². The van der Waals surface area contributed by atoms with Crippen molar-refractivity contribution in [1.29, 1.82) is 0 Å². The molecule has 0 bridgehead atoms. The van der Waals surface area contributed by atoms with Gasteiger partial charge in [0.15, 0.2) is 0 Å². The van der Waals surface area contributed by atoms with Gasteiger partial charge in [-0.15, -0.1) is 0 Å². The minimum atomic E-state index is -0.361. The van der Waals surface area contributed by atoms with E-state index in [4.69, 9.17) is 23.2 Å². The molecule has 0 atom stereocenters. The van der Waals surface area contributed by atoms with Crippen LogP contribution in [0.3, 0.4) is 0 Å². The van der Waals surface area contributed by atoms with E-state index in [2.05, 4.69) is 20.6 Å². The Morgan fingerprint density at radius 1 is 1.24 bits per heavy atom. The standard InChI is InChI=1S/C14H12Cl2N4O/c15-9-2-1-3-10(13(9)16)20-14(21)11-6-12(18-7-17-11)19-8-4-5-8/h1-3,6-8H,4-5H2,(H,20,21)(H,17,18,19). The van der Waals surface area contributed by atoms with Crippen molar-refractivity contribution >= 4 is 40.6 Å². The number of nitrogens with zero attached hydrogens (tertiary/aromatic N) is 2. The third kappa shape index (κ3) is 3.43. The SMILES string of the molecule is O=C(Nc1cccc(Cl)c1Cl)c1cc(NC2CC2)ncn1. The zero-order valence-electron chi connectivity index (χ0n) is 10.9. The fourth-order valence-corrected chi connectivity index (χ4v) is 2.13. The summed E-state index contributed by atoms with van der Waals surface area (Å²) in [4.78, 5) is 20.3. The lowest BCUT2D eigenvalue weighted by Gasteiger charge is -2.08. The largest absolute Gasteiger partial charge is 0.367 e. The second-order valence-corrected chi connectivity index (χ2v) is 5.55. The number of halogens is 2. The van der Waals surface area contributed by atoms with Crippen LogP contribution < -0.4 is 10.6 Å². The Balaban J connectivity index is 1.76. The average molecular weight is 323 g/mol. The van der Waals surface area contributed by atoms with Crippen LogP contribution in [0.1, 0.15) is 23.3 Å². The van der Waals surface area contributed by atoms with Gasteiger partial charge < -0.3 is 10.6 Å². The minimum absolute atomic E-state index is 0.268. The predicted octanol–water partition coefficient (Wildman–Crippen LogP) is 3.61. The summed E-state index contributed by atoms with van der Waals surface area (Å²) in [5.74, 6) is 0.287. The number of amides is 1. The number of carbonyl (C=O) groups excluding carboxylic acids is 1. The second-order valence-electron chi connectivity index (χ2n) is 4.76. The molecule has 2 aromatic rings. The summed E-state index contributed by atoms with van der Waals surface area (Å²) in [6, 6.07) is 7.12. The Hall–Kier alpha value is -1.85. The van der Waals surface area contributed by atoms with E-state index in [1.165, 1.54) is 6.33 Å². The van der Waals surface area contributed by atoms with Crippen LogP contribution in [0.5, 0.6) is 0 Å². The van der Waals surface area contributed by atoms with E-state index in [0.29, 0.717) is 27.6 Å². The highest BCUT2D eigenvalue weighted by molar-refractivity contribution is 6.44. The third-order valence-electron chi connectivity index (χ3n) is 3.03. The maximum absolute atomic E-state index is 12.2. The van der Waals surface area contributed by atoms with E-state index < -0.39 is 0 Å². The molecular weight excluding hydrogens is 311 g/mol. The summed E-state index contributed by atoms with van der Waals surface area (Å²) in [7, 11) is 0. The van der Waals surface area contributed by atoms with Gasteiger partial charge in [-0.2, -0.15) is 0 Å². The van der Waals surface area contributed by atoms with Gasteiger partial charge in [0.05, 0.1) is 15.7 Å². The number of nitrogens with one attached hydrogen (secondary N) is 2. The molecular formula is C14H12Cl2N4O. The van der Waals surface area contributed by atoms with Crippen molar-refractivity contribution in [2.45, 2.75) is 18.9 Å². The van der Waals surface area contributed by atoms with Gasteiger partial charge in [-0.05, 0) is 25.0 Å². The minimum Gasteiger partial charge on any atom is -0.367 e. The predicted molar refractivity (Wildman–Crippen MR) is 83.1 cm³/mol. The van der Waals surface area contributed by atoms with Crippen LogP contribution in [-0.4, -0.2) is 21.9 Å². The maximum Gasteiger partial charge on any atom is 0.274 e. The monoisotopic (exact) mass is 322 g/mol. The maximum atomic E-state index is 12.2. The molecule has 1 aromatic heterocycles. The Bertz CT molecular complexity index is 688. The van der Waals surface area contributed by atoms with Gasteiger partial charge in [-0.1, -0.05) is 29.3 Å². The van der Waals surface area contributed by atoms with Crippen LogP contribution in [0, 0.1) is 0 Å². The molecule has 1 heterocycles. The first-order valence-corrected chi connectivity index (χ1v) is 7.23. The lowest BCUT2D eigenvalue weighted by molar-refractivity contribution is 0.102. The van der Waals surface area contributed by atoms with Crippen LogP contribution in [0.2, 0.25) is 10.0 Å². The first kappa shape index (κ1) is 14.1. The van der Waals surface area contributed by atoms with Crippen LogP contribution in [0.15, 0.2) is 30.6 Å². The lowest BCUT2D eigenvalue weighted by atomic mass is 10.3. The molecule has 1 amide bonds. The summed E-state index contributed by atoms with van der Waals surface area (Å²) >= 11 is 12.0. The molecule has 1 fully saturated rings. The molecule has 0 aliphatic heterocycles. The van der Waals surface area contributed by atoms with Crippen molar-refractivity contribution in [2.75, 3.05) is 10.6 Å². The number of benzene rings is 1. The molecule has 1 aliphatic carbocycles. The third-order valence-corrected chi connectivity index (χ3v) is 3.85. The number of carbonyl (C=O) groups is 1. The molecule has 108 valence electrons. The zero-order chi connectivity index (χ0) is 14.8. The molecule has 21 heavy (non-hydrogen) atoms. The van der Waals surface area contributed by atoms with E-state index in [1.807, 2.05) is 0 Å². The normalized spacial score (nSPS) is 13.8. The van der Waals surface area contributed by atoms with E-state index in [0.717, 1.165) is 12.8 Å². The molecule has 1 aromatic carbocycles. The van der Waals surface area contributed by atoms with Gasteiger partial charge in [-0.25, -0.2) is 9.97 Å². The lowest BCUT2D eigenvalue weighted by Crippen LogP contribution is -2.15. The van der Waals surface area contributed by atoms with Crippen LogP contribution in [0.4, 0.5) is 11.5 Å². The van der Waals surface area contributed by atoms with E-state index >= 15 is 0 Å². The van der Waals surface area contributed by atoms with Crippen molar-refractivity contribution in [3.8, 4) is 0 Å². The fraction of sp³-hybridized carbons (Fsp3) is 0.214. The number of hydrogen-bond donors (Lipinski definition) is 2. The zero-order valence-corrected chi connectivity index (χ0v) is 12.4. The average Bonchev–Trinajstić information content (AvgIpc) is 3.28. The van der Waals surface area contributed by atoms with E-state index in [-0.39, 0.29) is 11.6 Å². The summed E-state index contributed by atoms with van der Waals surface area (Å²) < 4.78 is 0. The topological polar surface area (TPSA) is 66.9 Å². The number of rotatable bonds is 4. The van der Waals surface area contributed by atoms with Crippen molar-refractivity contribution < 1.29 is 4.79 Å². The van der Waals surface area contributed by atoms with Gasteiger partial charge in [0.1, 0.15) is 17.8 Å². The molecule has 0 unspecified atom stereocenters. The summed E-state index contributed by atoms with van der Waals surface area (Å²) in [6.45, 7) is 0. The summed E-state index contributed by atoms with van der Waals surface area (Å²) in [6.07, 6.45) is 3.62. The Kier molecular flexibility index (Phi) is 3.94. The molecule has 1 aliphatic rings. The van der Waals surface area contributed by atoms with Gasteiger partial charge in [0.2, 0.25) is 0 Å². The van der Waals surface area contributed by atoms with Crippen LogP contribution in [0.25, 0.3) is 0 Å². The second kappa shape index (κ2) is 5.87. The Morgan fingerprint density at radius 3 is 2.81 bits per heavy atom. The van der Waals surface area contributed by atoms with Crippen molar-refractivity contribution in [3.63, 3.8) is 0 Å². The first-order chi connectivity index (χ1) is 10.1. The molecule has 0 radical (unpaired) electrons. The molecule has 5 nitrogen and oxygen atoms in total. The first-order valence-electron chi connectivity index (χ1n) is 6.47. The molecule has 1 saturated carbocycles. The van der Waals surface area contributed by atoms with Gasteiger partial charge in [0.25, 0.3) is 5.91 Å². The van der Waals surface area contributed by atoms with Gasteiger partial charge >= 0.3 is 0 Å². The van der Waals surface area contributed by atoms with Crippen molar-refractivity contribution in [2.24, 2.45) is 0 Å². The van der Waals surface area contributed by atoms with E-state index in [1.54, 1.807) is 24.3 Å². The number of hydrogen-bond acceptors (Lipinski definition) is 4. The highest BCUT2D eigenvalue weighted by atomic mass is 35.5. The quantitative estimate of drug-likeness (QED) is 0.902. The van der Waals surface area contributed by atoms with Crippen LogP contribution in [-0.2, 0) is 0 Å². The van der Waals surface area contributed by atoms with Crippen LogP contribution >= 0.6 is 23.2 Å².